The maximum absolute atomic E-state index is 11.3. The van der Waals surface area contributed by atoms with E-state index >= 15 is 0 Å². The molecule has 0 radical (unpaired) electrons. The Balaban J connectivity index is 1.76. The molecule has 2 atom stereocenters. The minimum absolute atomic E-state index is 0.416. The molecule has 100 valence electrons. The van der Waals surface area contributed by atoms with E-state index < -0.39 is 10.8 Å². The molecule has 2 fully saturated rings. The lowest BCUT2D eigenvalue weighted by Crippen LogP contribution is -2.47. The second-order valence-corrected chi connectivity index (χ2v) is 7.36. The Morgan fingerprint density at radius 3 is 2.53 bits per heavy atom. The number of nitrogens with one attached hydrogen (secondary N) is 1. The standard InChI is InChI=1S/C13H25NO2S/c1-10(2)13-9-12(3-6-16-13)14-11-4-7-17(15)8-5-11/h10-14H,3-9H2,1-2H3. The van der Waals surface area contributed by atoms with Crippen LogP contribution < -0.4 is 5.32 Å². The fourth-order valence-electron chi connectivity index (χ4n) is 2.74. The lowest BCUT2D eigenvalue weighted by molar-refractivity contribution is -0.0260. The molecule has 1 N–H and O–H groups in total. The summed E-state index contributed by atoms with van der Waals surface area (Å²) in [5.41, 5.74) is 0. The van der Waals surface area contributed by atoms with Crippen molar-refractivity contribution >= 4 is 10.8 Å². The van der Waals surface area contributed by atoms with Crippen LogP contribution in [0, 0.1) is 5.92 Å². The van der Waals surface area contributed by atoms with Crippen LogP contribution in [0.15, 0.2) is 0 Å². The minimum Gasteiger partial charge on any atom is -0.378 e. The van der Waals surface area contributed by atoms with Crippen molar-refractivity contribution < 1.29 is 8.95 Å². The molecule has 0 aromatic heterocycles. The monoisotopic (exact) mass is 259 g/mol. The third-order valence-electron chi connectivity index (χ3n) is 3.92. The largest absolute Gasteiger partial charge is 0.378 e. The molecular weight excluding hydrogens is 234 g/mol. The van der Waals surface area contributed by atoms with Gasteiger partial charge in [-0.1, -0.05) is 13.8 Å². The van der Waals surface area contributed by atoms with Crippen molar-refractivity contribution in [2.24, 2.45) is 5.92 Å². The zero-order valence-corrected chi connectivity index (χ0v) is 11.8. The maximum atomic E-state index is 11.3. The highest BCUT2D eigenvalue weighted by molar-refractivity contribution is 7.85. The van der Waals surface area contributed by atoms with Crippen LogP contribution in [-0.4, -0.2) is 40.5 Å². The van der Waals surface area contributed by atoms with Crippen molar-refractivity contribution in [1.82, 2.24) is 5.32 Å². The Hall–Kier alpha value is 0.0700. The van der Waals surface area contributed by atoms with E-state index in [1.54, 1.807) is 0 Å². The normalized spacial score (nSPS) is 39.5. The summed E-state index contributed by atoms with van der Waals surface area (Å²) in [6.45, 7) is 5.35. The van der Waals surface area contributed by atoms with E-state index in [1.165, 1.54) is 0 Å². The summed E-state index contributed by atoms with van der Waals surface area (Å²) in [5.74, 6) is 2.38. The van der Waals surface area contributed by atoms with Crippen LogP contribution >= 0.6 is 0 Å². The van der Waals surface area contributed by atoms with Crippen LogP contribution in [0.4, 0.5) is 0 Å². The highest BCUT2D eigenvalue weighted by atomic mass is 32.2. The third-order valence-corrected chi connectivity index (χ3v) is 5.30. The van der Waals surface area contributed by atoms with Gasteiger partial charge in [-0.2, -0.15) is 0 Å². The van der Waals surface area contributed by atoms with Crippen LogP contribution in [0.2, 0.25) is 0 Å². The molecule has 4 heteroatoms. The van der Waals surface area contributed by atoms with E-state index in [4.69, 9.17) is 4.74 Å². The second-order valence-electron chi connectivity index (χ2n) is 5.66. The highest BCUT2D eigenvalue weighted by Crippen LogP contribution is 2.21. The zero-order valence-electron chi connectivity index (χ0n) is 11.0. The molecule has 0 amide bonds. The van der Waals surface area contributed by atoms with Gasteiger partial charge in [-0.25, -0.2) is 0 Å². The molecule has 2 heterocycles. The van der Waals surface area contributed by atoms with E-state index in [-0.39, 0.29) is 0 Å². The van der Waals surface area contributed by atoms with Gasteiger partial charge in [0.25, 0.3) is 0 Å². The van der Waals surface area contributed by atoms with Crippen LogP contribution in [-0.2, 0) is 15.5 Å². The van der Waals surface area contributed by atoms with E-state index in [1.807, 2.05) is 0 Å². The maximum Gasteiger partial charge on any atom is 0.0612 e. The molecule has 0 bridgehead atoms. The first-order valence-electron chi connectivity index (χ1n) is 6.88. The van der Waals surface area contributed by atoms with Crippen molar-refractivity contribution in [1.29, 1.82) is 0 Å². The lowest BCUT2D eigenvalue weighted by Gasteiger charge is -2.35. The van der Waals surface area contributed by atoms with Gasteiger partial charge in [-0.15, -0.1) is 0 Å². The Morgan fingerprint density at radius 1 is 1.18 bits per heavy atom. The Labute approximate surface area is 107 Å². The molecule has 2 aliphatic heterocycles. The third kappa shape index (κ3) is 4.04. The number of hydrogen-bond donors (Lipinski definition) is 1. The van der Waals surface area contributed by atoms with Gasteiger partial charge >= 0.3 is 0 Å². The summed E-state index contributed by atoms with van der Waals surface area (Å²) in [4.78, 5) is 0. The van der Waals surface area contributed by atoms with Crippen LogP contribution in [0.3, 0.4) is 0 Å². The van der Waals surface area contributed by atoms with Crippen LogP contribution in [0.1, 0.15) is 39.5 Å². The van der Waals surface area contributed by atoms with Crippen molar-refractivity contribution in [3.05, 3.63) is 0 Å². The molecule has 2 saturated heterocycles. The van der Waals surface area contributed by atoms with Gasteiger partial charge in [0.05, 0.1) is 6.10 Å². The summed E-state index contributed by atoms with van der Waals surface area (Å²) >= 11 is 0. The van der Waals surface area contributed by atoms with E-state index in [2.05, 4.69) is 19.2 Å². The van der Waals surface area contributed by atoms with Gasteiger partial charge in [-0.3, -0.25) is 4.21 Å². The van der Waals surface area contributed by atoms with Gasteiger partial charge in [-0.05, 0) is 31.6 Å². The molecule has 3 nitrogen and oxygen atoms in total. The van der Waals surface area contributed by atoms with Crippen molar-refractivity contribution in [2.45, 2.75) is 57.7 Å². The Kier molecular flexibility index (Phi) is 5.00. The number of rotatable bonds is 3. The molecular formula is C13H25NO2S. The highest BCUT2D eigenvalue weighted by Gasteiger charge is 2.27. The van der Waals surface area contributed by atoms with Crippen molar-refractivity contribution in [2.75, 3.05) is 18.1 Å². The fraction of sp³-hybridized carbons (Fsp3) is 1.00. The second kappa shape index (κ2) is 6.30. The molecule has 2 aliphatic rings. The Bertz CT molecular complexity index is 260. The van der Waals surface area contributed by atoms with Crippen molar-refractivity contribution in [3.63, 3.8) is 0 Å². The van der Waals surface area contributed by atoms with Crippen molar-refractivity contribution in [3.8, 4) is 0 Å². The van der Waals surface area contributed by atoms with E-state index in [0.29, 0.717) is 24.1 Å². The minimum atomic E-state index is -0.546. The first kappa shape index (κ1) is 13.5. The Morgan fingerprint density at radius 2 is 1.88 bits per heavy atom. The zero-order chi connectivity index (χ0) is 12.3. The van der Waals surface area contributed by atoms with Gasteiger partial charge < -0.3 is 10.1 Å². The van der Waals surface area contributed by atoms with Gasteiger partial charge in [0.15, 0.2) is 0 Å². The molecule has 0 aromatic rings. The molecule has 17 heavy (non-hydrogen) atoms. The van der Waals surface area contributed by atoms with Crippen LogP contribution in [0.25, 0.3) is 0 Å². The summed E-state index contributed by atoms with van der Waals surface area (Å²) in [6.07, 6.45) is 4.84. The topological polar surface area (TPSA) is 38.3 Å². The molecule has 0 aromatic carbocycles. The molecule has 0 spiro atoms. The smallest absolute Gasteiger partial charge is 0.0612 e. The first-order valence-corrected chi connectivity index (χ1v) is 8.36. The molecule has 0 aliphatic carbocycles. The van der Waals surface area contributed by atoms with E-state index in [0.717, 1.165) is 43.8 Å². The lowest BCUT2D eigenvalue weighted by atomic mass is 9.94. The predicted octanol–water partition coefficient (Wildman–Crippen LogP) is 1.69. The average molecular weight is 259 g/mol. The quantitative estimate of drug-likeness (QED) is 0.838. The van der Waals surface area contributed by atoms with Gasteiger partial charge in [0, 0.05) is 41.0 Å². The summed E-state index contributed by atoms with van der Waals surface area (Å²) in [5, 5.41) is 3.75. The summed E-state index contributed by atoms with van der Waals surface area (Å²) < 4.78 is 17.1. The number of hydrogen-bond acceptors (Lipinski definition) is 3. The first-order chi connectivity index (χ1) is 8.15. The fourth-order valence-corrected chi connectivity index (χ4v) is 4.04. The summed E-state index contributed by atoms with van der Waals surface area (Å²) in [6, 6.07) is 1.19. The summed E-state index contributed by atoms with van der Waals surface area (Å²) in [7, 11) is -0.546. The van der Waals surface area contributed by atoms with Gasteiger partial charge in [0.1, 0.15) is 0 Å². The van der Waals surface area contributed by atoms with E-state index in [9.17, 15) is 4.21 Å². The molecule has 2 rings (SSSR count). The number of ether oxygens (including phenoxy) is 1. The van der Waals surface area contributed by atoms with Gasteiger partial charge in [0.2, 0.25) is 0 Å². The van der Waals surface area contributed by atoms with Crippen LogP contribution in [0.5, 0.6) is 0 Å². The SMILES string of the molecule is CC(C)C1CC(NC2CCS(=O)CC2)CCO1. The molecule has 2 unspecified atom stereocenters. The predicted molar refractivity (Wildman–Crippen MR) is 71.6 cm³/mol. The molecule has 0 saturated carbocycles. The average Bonchev–Trinajstić information content (AvgIpc) is 2.32.